The minimum Gasteiger partial charge on any atom is -0.370 e. The number of likely N-dealkylation sites (N-methyl/N-ethyl adjacent to an activating group) is 1. The van der Waals surface area contributed by atoms with Crippen LogP contribution in [0.1, 0.15) is 43.4 Å². The fourth-order valence-corrected chi connectivity index (χ4v) is 3.80. The molecule has 1 saturated heterocycles. The third-order valence-electron chi connectivity index (χ3n) is 5.37. The Bertz CT molecular complexity index is 626. The fraction of sp³-hybridized carbons (Fsp3) is 0.619. The number of carbonyl (C=O) groups excluding carboxylic acids is 1. The lowest BCUT2D eigenvalue weighted by Gasteiger charge is -2.35. The van der Waals surface area contributed by atoms with Crippen LogP contribution >= 0.6 is 0 Å². The second-order valence-corrected chi connectivity index (χ2v) is 7.63. The van der Waals surface area contributed by atoms with Gasteiger partial charge >= 0.3 is 0 Å². The molecule has 0 radical (unpaired) electrons. The number of guanidine groups is 1. The number of hydrogen-bond acceptors (Lipinski definition) is 3. The number of piperidine rings is 1. The van der Waals surface area contributed by atoms with Crippen molar-refractivity contribution < 1.29 is 4.79 Å². The van der Waals surface area contributed by atoms with Crippen LogP contribution in [-0.2, 0) is 11.2 Å². The number of aliphatic imine (C=N–C) groups is 1. The summed E-state index contributed by atoms with van der Waals surface area (Å²) in [6.45, 7) is 4.75. The zero-order chi connectivity index (χ0) is 19.8. The van der Waals surface area contributed by atoms with Gasteiger partial charge in [-0.15, -0.1) is 0 Å². The van der Waals surface area contributed by atoms with Gasteiger partial charge in [0.25, 0.3) is 0 Å². The highest BCUT2D eigenvalue weighted by Gasteiger charge is 2.24. The Morgan fingerprint density at radius 1 is 1.37 bits per heavy atom. The molecule has 1 aromatic rings. The van der Waals surface area contributed by atoms with Crippen molar-refractivity contribution in [3.05, 3.63) is 35.4 Å². The second-order valence-electron chi connectivity index (χ2n) is 7.63. The average molecular weight is 374 g/mol. The molecule has 3 N–H and O–H groups in total. The number of nitrogens with zero attached hydrogens (tertiary/aromatic N) is 3. The summed E-state index contributed by atoms with van der Waals surface area (Å²) in [5.74, 6) is 1.01. The third kappa shape index (κ3) is 6.24. The van der Waals surface area contributed by atoms with E-state index in [0.717, 1.165) is 44.9 Å². The number of amides is 1. The molecule has 2 unspecified atom stereocenters. The number of aryl methyl sites for hydroxylation is 1. The lowest BCUT2D eigenvalue weighted by molar-refractivity contribution is -0.119. The molecule has 150 valence electrons. The number of primary amides is 1. The Morgan fingerprint density at radius 2 is 2.07 bits per heavy atom. The van der Waals surface area contributed by atoms with Gasteiger partial charge in [-0.2, -0.15) is 0 Å². The molecule has 0 bridgehead atoms. The van der Waals surface area contributed by atoms with Gasteiger partial charge in [-0.05, 0) is 50.4 Å². The molecule has 6 nitrogen and oxygen atoms in total. The first-order chi connectivity index (χ1) is 12.9. The van der Waals surface area contributed by atoms with E-state index in [-0.39, 0.29) is 11.9 Å². The van der Waals surface area contributed by atoms with E-state index >= 15 is 0 Å². The molecule has 6 heteroatoms. The van der Waals surface area contributed by atoms with E-state index in [2.05, 4.69) is 65.4 Å². The van der Waals surface area contributed by atoms with E-state index in [1.165, 1.54) is 11.1 Å². The summed E-state index contributed by atoms with van der Waals surface area (Å²) < 4.78 is 0. The molecule has 1 heterocycles. The molecule has 0 saturated carbocycles. The summed E-state index contributed by atoms with van der Waals surface area (Å²) in [4.78, 5) is 20.2. The van der Waals surface area contributed by atoms with Crippen molar-refractivity contribution in [1.82, 2.24) is 15.1 Å². The topological polar surface area (TPSA) is 74.0 Å². The number of nitrogens with two attached hydrogens (primary N) is 1. The molecule has 1 fully saturated rings. The molecule has 1 aromatic carbocycles. The molecular weight excluding hydrogens is 338 g/mol. The van der Waals surface area contributed by atoms with Gasteiger partial charge in [-0.25, -0.2) is 0 Å². The largest absolute Gasteiger partial charge is 0.370 e. The summed E-state index contributed by atoms with van der Waals surface area (Å²) in [5, 5.41) is 3.54. The predicted molar refractivity (Wildman–Crippen MR) is 112 cm³/mol. The quantitative estimate of drug-likeness (QED) is 0.566. The zero-order valence-corrected chi connectivity index (χ0v) is 17.2. The van der Waals surface area contributed by atoms with Crippen LogP contribution < -0.4 is 11.1 Å². The van der Waals surface area contributed by atoms with Crippen molar-refractivity contribution in [2.45, 2.75) is 38.6 Å². The number of rotatable bonds is 7. The Labute approximate surface area is 163 Å². The number of hydrogen-bond donors (Lipinski definition) is 2. The van der Waals surface area contributed by atoms with Crippen LogP contribution in [0.15, 0.2) is 29.3 Å². The standard InChI is InChI=1S/C21H35N5O/c1-5-16-8-10-18(11-9-16)19(25(3)4)14-24-21(23-2)26-12-6-7-17(15-26)13-20(22)27/h8-11,17,19H,5-7,12-15H2,1-4H3,(H2,22,27)(H,23,24). The van der Waals surface area contributed by atoms with Gasteiger partial charge in [0.2, 0.25) is 5.91 Å². The van der Waals surface area contributed by atoms with Crippen molar-refractivity contribution >= 4 is 11.9 Å². The predicted octanol–water partition coefficient (Wildman–Crippen LogP) is 2.01. The normalized spacial score (nSPS) is 19.2. The Morgan fingerprint density at radius 3 is 2.63 bits per heavy atom. The van der Waals surface area contributed by atoms with E-state index in [0.29, 0.717) is 12.3 Å². The van der Waals surface area contributed by atoms with E-state index in [4.69, 9.17) is 5.73 Å². The maximum atomic E-state index is 11.3. The minimum atomic E-state index is -0.215. The second kappa shape index (κ2) is 10.3. The first-order valence-electron chi connectivity index (χ1n) is 9.93. The maximum Gasteiger partial charge on any atom is 0.217 e. The number of likely N-dealkylation sites (tertiary alicyclic amines) is 1. The first kappa shape index (κ1) is 21.2. The molecule has 27 heavy (non-hydrogen) atoms. The highest BCUT2D eigenvalue weighted by molar-refractivity contribution is 5.80. The molecule has 1 aliphatic rings. The van der Waals surface area contributed by atoms with E-state index < -0.39 is 0 Å². The maximum absolute atomic E-state index is 11.3. The smallest absolute Gasteiger partial charge is 0.217 e. The first-order valence-corrected chi connectivity index (χ1v) is 9.93. The van der Waals surface area contributed by atoms with Gasteiger partial charge in [-0.3, -0.25) is 9.79 Å². The highest BCUT2D eigenvalue weighted by atomic mass is 16.1. The molecule has 2 rings (SSSR count). The summed E-state index contributed by atoms with van der Waals surface area (Å²) in [7, 11) is 6.03. The minimum absolute atomic E-state index is 0.215. The van der Waals surface area contributed by atoms with Crippen LogP contribution in [0, 0.1) is 5.92 Å². The van der Waals surface area contributed by atoms with Gasteiger partial charge < -0.3 is 20.9 Å². The molecule has 1 aliphatic heterocycles. The van der Waals surface area contributed by atoms with Gasteiger partial charge in [0, 0.05) is 33.1 Å². The van der Waals surface area contributed by atoms with Crippen molar-refractivity contribution in [2.24, 2.45) is 16.6 Å². The monoisotopic (exact) mass is 373 g/mol. The van der Waals surface area contributed by atoms with E-state index in [9.17, 15) is 4.79 Å². The highest BCUT2D eigenvalue weighted by Crippen LogP contribution is 2.21. The number of carbonyl (C=O) groups is 1. The summed E-state index contributed by atoms with van der Waals surface area (Å²) in [5.41, 5.74) is 8.04. The van der Waals surface area contributed by atoms with Crippen molar-refractivity contribution in [2.75, 3.05) is 40.8 Å². The van der Waals surface area contributed by atoms with E-state index in [1.54, 1.807) is 0 Å². The van der Waals surface area contributed by atoms with E-state index in [1.807, 2.05) is 7.05 Å². The molecule has 0 aliphatic carbocycles. The van der Waals surface area contributed by atoms with Gasteiger partial charge in [-0.1, -0.05) is 31.2 Å². The SMILES string of the molecule is CCc1ccc(C(CNC(=NC)N2CCCC(CC(N)=O)C2)N(C)C)cc1. The lowest BCUT2D eigenvalue weighted by Crippen LogP contribution is -2.48. The van der Waals surface area contributed by atoms with Gasteiger partial charge in [0.1, 0.15) is 0 Å². The van der Waals surface area contributed by atoms with Crippen LogP contribution in [0.3, 0.4) is 0 Å². The molecular formula is C21H35N5O. The third-order valence-corrected chi connectivity index (χ3v) is 5.37. The fourth-order valence-electron chi connectivity index (χ4n) is 3.80. The summed E-state index contributed by atoms with van der Waals surface area (Å²) in [6, 6.07) is 9.12. The Hall–Kier alpha value is -2.08. The Kier molecular flexibility index (Phi) is 8.10. The van der Waals surface area contributed by atoms with Crippen LogP contribution in [0.4, 0.5) is 0 Å². The van der Waals surface area contributed by atoms with Crippen LogP contribution in [0.25, 0.3) is 0 Å². The molecule has 0 aromatic heterocycles. The van der Waals surface area contributed by atoms with Crippen molar-refractivity contribution in [1.29, 1.82) is 0 Å². The zero-order valence-electron chi connectivity index (χ0n) is 17.2. The average Bonchev–Trinajstić information content (AvgIpc) is 2.65. The van der Waals surface area contributed by atoms with Crippen LogP contribution in [0.5, 0.6) is 0 Å². The Balaban J connectivity index is 2.00. The molecule has 1 amide bonds. The lowest BCUT2D eigenvalue weighted by atomic mass is 9.95. The van der Waals surface area contributed by atoms with Gasteiger partial charge in [0.15, 0.2) is 5.96 Å². The van der Waals surface area contributed by atoms with Crippen LogP contribution in [0.2, 0.25) is 0 Å². The van der Waals surface area contributed by atoms with Crippen molar-refractivity contribution in [3.8, 4) is 0 Å². The summed E-state index contributed by atoms with van der Waals surface area (Å²) in [6.07, 6.45) is 3.63. The molecule has 0 spiro atoms. The summed E-state index contributed by atoms with van der Waals surface area (Å²) >= 11 is 0. The molecule has 2 atom stereocenters. The number of benzene rings is 1. The van der Waals surface area contributed by atoms with Crippen LogP contribution in [-0.4, -0.2) is 62.4 Å². The van der Waals surface area contributed by atoms with Gasteiger partial charge in [0.05, 0.1) is 6.04 Å². The number of nitrogens with one attached hydrogen (secondary N) is 1. The van der Waals surface area contributed by atoms with Crippen molar-refractivity contribution in [3.63, 3.8) is 0 Å².